The topological polar surface area (TPSA) is 18.5 Å². The molecule has 0 aromatic heterocycles. The molecule has 0 N–H and O–H groups in total. The number of rotatable bonds is 8. The molecule has 2 aromatic carbocycles. The van der Waals surface area contributed by atoms with Crippen LogP contribution in [-0.4, -0.2) is 13.2 Å². The van der Waals surface area contributed by atoms with E-state index >= 15 is 17.6 Å². The van der Waals surface area contributed by atoms with Crippen LogP contribution in [0.4, 0.5) is 17.6 Å². The molecule has 4 rings (SSSR count). The minimum atomic E-state index is -4.80. The Kier molecular flexibility index (Phi) is 6.96. The van der Waals surface area contributed by atoms with Gasteiger partial charge in [-0.1, -0.05) is 0 Å². The van der Waals surface area contributed by atoms with Crippen LogP contribution in [0.3, 0.4) is 0 Å². The van der Waals surface area contributed by atoms with Crippen molar-refractivity contribution in [2.24, 2.45) is 0 Å². The molecule has 0 saturated carbocycles. The van der Waals surface area contributed by atoms with Gasteiger partial charge in [0.1, 0.15) is 0 Å². The fourth-order valence-corrected chi connectivity index (χ4v) is 13.0. The monoisotopic (exact) mass is 492 g/mol. The Labute approximate surface area is 194 Å². The van der Waals surface area contributed by atoms with E-state index in [-0.39, 0.29) is 32.4 Å². The first-order valence-corrected chi connectivity index (χ1v) is 14.0. The molecule has 2 nitrogen and oxygen atoms in total. The molecule has 2 aromatic rings. The summed E-state index contributed by atoms with van der Waals surface area (Å²) in [7, 11) is 0. The molecule has 0 heterocycles. The molecule has 7 heteroatoms. The van der Waals surface area contributed by atoms with E-state index in [9.17, 15) is 0 Å². The van der Waals surface area contributed by atoms with E-state index in [1.165, 1.54) is 12.1 Å². The molecule has 0 amide bonds. The summed E-state index contributed by atoms with van der Waals surface area (Å²) in [4.78, 5) is 0. The van der Waals surface area contributed by atoms with Crippen molar-refractivity contribution >= 4 is 7.74 Å². The van der Waals surface area contributed by atoms with Crippen molar-refractivity contribution in [2.75, 3.05) is 13.2 Å². The van der Waals surface area contributed by atoms with Gasteiger partial charge in [-0.05, 0) is 0 Å². The first kappa shape index (κ1) is 23.6. The molecule has 172 valence electrons. The third-order valence-electron chi connectivity index (χ3n) is 5.97. The fraction of sp³-hybridized carbons (Fsp3) is 0.231. The Balaban J connectivity index is 2.17. The Morgan fingerprint density at radius 1 is 0.697 bits per heavy atom. The van der Waals surface area contributed by atoms with Crippen LogP contribution in [0.25, 0.3) is 0 Å². The number of ether oxygens (including phenoxy) is 2. The summed E-state index contributed by atoms with van der Waals surface area (Å²) < 4.78 is 74.9. The summed E-state index contributed by atoms with van der Waals surface area (Å²) in [5.41, 5.74) is 0. The van der Waals surface area contributed by atoms with Crippen LogP contribution in [0.5, 0.6) is 11.5 Å². The van der Waals surface area contributed by atoms with E-state index < -0.39 is 39.9 Å². The van der Waals surface area contributed by atoms with Gasteiger partial charge < -0.3 is 0 Å². The molecular formula is C26H24F4O2Ti. The second kappa shape index (κ2) is 9.74. The van der Waals surface area contributed by atoms with Gasteiger partial charge in [0.25, 0.3) is 0 Å². The number of benzene rings is 2. The Bertz CT molecular complexity index is 1100. The average molecular weight is 492 g/mol. The average Bonchev–Trinajstić information content (AvgIpc) is 3.51. The zero-order valence-electron chi connectivity index (χ0n) is 18.4. The zero-order chi connectivity index (χ0) is 23.6. The van der Waals surface area contributed by atoms with Gasteiger partial charge in [-0.3, -0.25) is 0 Å². The Morgan fingerprint density at radius 3 is 1.45 bits per heavy atom. The van der Waals surface area contributed by atoms with Crippen LogP contribution in [0, 0.1) is 23.3 Å². The second-order valence-electron chi connectivity index (χ2n) is 7.73. The van der Waals surface area contributed by atoms with Gasteiger partial charge in [0.2, 0.25) is 0 Å². The van der Waals surface area contributed by atoms with E-state index in [4.69, 9.17) is 9.47 Å². The molecule has 0 fully saturated rings. The van der Waals surface area contributed by atoms with Gasteiger partial charge in [-0.15, -0.1) is 0 Å². The molecule has 33 heavy (non-hydrogen) atoms. The summed E-state index contributed by atoms with van der Waals surface area (Å²) in [5, 5.41) is 0. The van der Waals surface area contributed by atoms with E-state index in [0.717, 1.165) is 12.1 Å². The maximum absolute atomic E-state index is 16.0. The third kappa shape index (κ3) is 3.89. The molecule has 2 aliphatic carbocycles. The molecule has 0 atom stereocenters. The predicted octanol–water partition coefficient (Wildman–Crippen LogP) is 5.83. The summed E-state index contributed by atoms with van der Waals surface area (Å²) in [6.07, 6.45) is 11.4. The second-order valence-corrected chi connectivity index (χ2v) is 13.6. The van der Waals surface area contributed by atoms with Crippen molar-refractivity contribution in [2.45, 2.75) is 26.7 Å². The molecular weight excluding hydrogens is 468 g/mol. The van der Waals surface area contributed by atoms with Crippen LogP contribution in [0.1, 0.15) is 26.7 Å². The number of hydrogen-bond donors (Lipinski definition) is 0. The number of allylic oxidation sites excluding steroid dienone is 8. The molecule has 0 radical (unpaired) electrons. The van der Waals surface area contributed by atoms with E-state index in [0.29, 0.717) is 20.6 Å². The summed E-state index contributed by atoms with van der Waals surface area (Å²) in [6.45, 7) is 3.71. The summed E-state index contributed by atoms with van der Waals surface area (Å²) in [6, 6.07) is 4.68. The summed E-state index contributed by atoms with van der Waals surface area (Å²) in [5.74, 6) is -3.75. The van der Waals surface area contributed by atoms with Crippen LogP contribution in [0.15, 0.2) is 68.5 Å². The van der Waals surface area contributed by atoms with E-state index in [2.05, 4.69) is 0 Å². The molecule has 0 saturated heterocycles. The van der Waals surface area contributed by atoms with Crippen molar-refractivity contribution in [3.05, 3.63) is 91.7 Å². The van der Waals surface area contributed by atoms with Gasteiger partial charge >= 0.3 is 195 Å². The normalized spacial score (nSPS) is 15.1. The minimum absolute atomic E-state index is 0.135. The third-order valence-corrected chi connectivity index (χ3v) is 13.9. The molecule has 2 aliphatic rings. The predicted molar refractivity (Wildman–Crippen MR) is 118 cm³/mol. The van der Waals surface area contributed by atoms with Gasteiger partial charge in [0, 0.05) is 0 Å². The molecule has 0 aliphatic heterocycles. The SMILES string of the molecule is CCOc1ccc(F)[c]([Ti]([C]2=CC=CC2)([C]2=CC=CC2)[c]2c(F)ccc(OCC)c2F)c1F. The van der Waals surface area contributed by atoms with Crippen LogP contribution < -0.4 is 17.2 Å². The van der Waals surface area contributed by atoms with Crippen molar-refractivity contribution in [3.8, 4) is 11.5 Å². The standard InChI is InChI=1S/2C8H7F2O.2C5H5.Ti/c2*1-2-11-8-4-3-6(9)5-7(8)10;2*1-2-4-5-3-1;/h2*3-4H,2H2,1H3;2*1-3H,4H2;. The van der Waals surface area contributed by atoms with Crippen LogP contribution in [-0.2, 0) is 16.6 Å². The first-order valence-electron chi connectivity index (χ1n) is 10.9. The summed E-state index contributed by atoms with van der Waals surface area (Å²) >= 11 is -4.80. The quantitative estimate of drug-likeness (QED) is 0.341. The number of hydrogen-bond acceptors (Lipinski definition) is 2. The maximum atomic E-state index is 16.0. The van der Waals surface area contributed by atoms with Crippen molar-refractivity contribution < 1.29 is 43.6 Å². The number of halogens is 4. The van der Waals surface area contributed by atoms with E-state index in [1.807, 2.05) is 12.2 Å². The van der Waals surface area contributed by atoms with E-state index in [1.54, 1.807) is 38.2 Å². The fourth-order valence-electron chi connectivity index (χ4n) is 4.71. The van der Waals surface area contributed by atoms with Crippen molar-refractivity contribution in [1.29, 1.82) is 0 Å². The molecule has 0 bridgehead atoms. The van der Waals surface area contributed by atoms with Gasteiger partial charge in [-0.25, -0.2) is 0 Å². The van der Waals surface area contributed by atoms with Gasteiger partial charge in [0.15, 0.2) is 0 Å². The van der Waals surface area contributed by atoms with Crippen LogP contribution >= 0.6 is 0 Å². The Morgan fingerprint density at radius 2 is 1.12 bits per heavy atom. The van der Waals surface area contributed by atoms with Gasteiger partial charge in [-0.2, -0.15) is 0 Å². The zero-order valence-corrected chi connectivity index (χ0v) is 20.0. The van der Waals surface area contributed by atoms with Crippen molar-refractivity contribution in [3.63, 3.8) is 0 Å². The van der Waals surface area contributed by atoms with Crippen molar-refractivity contribution in [1.82, 2.24) is 0 Å². The Hall–Kier alpha value is -2.57. The van der Waals surface area contributed by atoms with Gasteiger partial charge in [0.05, 0.1) is 0 Å². The molecule has 0 unspecified atom stereocenters. The molecule has 0 spiro atoms. The van der Waals surface area contributed by atoms with Crippen LogP contribution in [0.2, 0.25) is 0 Å². The first-order chi connectivity index (χ1) is 16.0.